The van der Waals surface area contributed by atoms with Crippen molar-refractivity contribution in [3.8, 4) is 11.3 Å². The maximum Gasteiger partial charge on any atom is 0.240 e. The average Bonchev–Trinajstić information content (AvgIpc) is 3.04. The Hall–Kier alpha value is -1.88. The van der Waals surface area contributed by atoms with E-state index in [1.54, 1.807) is 24.1 Å². The molecular weight excluding hydrogens is 317 g/mol. The van der Waals surface area contributed by atoms with Crippen molar-refractivity contribution in [2.75, 3.05) is 6.54 Å². The average molecular weight is 336 g/mol. The van der Waals surface area contributed by atoms with Crippen LogP contribution in [0.2, 0.25) is 0 Å². The van der Waals surface area contributed by atoms with Gasteiger partial charge in [0.05, 0.1) is 17.9 Å². The van der Waals surface area contributed by atoms with Crippen LogP contribution in [0.5, 0.6) is 0 Å². The van der Waals surface area contributed by atoms with E-state index in [0.717, 1.165) is 36.3 Å². The third kappa shape index (κ3) is 3.39. The number of benzene rings is 1. The van der Waals surface area contributed by atoms with Crippen LogP contribution in [-0.4, -0.2) is 32.7 Å². The van der Waals surface area contributed by atoms with Crippen LogP contribution in [0.15, 0.2) is 30.5 Å². The molecule has 2 aromatic rings. The van der Waals surface area contributed by atoms with E-state index in [2.05, 4.69) is 9.97 Å². The molecule has 1 saturated heterocycles. The number of rotatable bonds is 3. The van der Waals surface area contributed by atoms with E-state index in [0.29, 0.717) is 6.54 Å². The molecule has 23 heavy (non-hydrogen) atoms. The lowest BCUT2D eigenvalue weighted by atomic mass is 10.0. The second-order valence-corrected chi connectivity index (χ2v) is 6.51. The van der Waals surface area contributed by atoms with Crippen LogP contribution in [-0.2, 0) is 4.79 Å². The molecule has 1 aliphatic rings. The van der Waals surface area contributed by atoms with Crippen molar-refractivity contribution in [2.24, 2.45) is 0 Å². The predicted molar refractivity (Wildman–Crippen MR) is 87.6 cm³/mol. The zero-order valence-corrected chi connectivity index (χ0v) is 13.7. The number of aromatic nitrogens is 2. The summed E-state index contributed by atoms with van der Waals surface area (Å²) in [5.41, 5.74) is 1.49. The summed E-state index contributed by atoms with van der Waals surface area (Å²) < 4.78 is 13.4. The Balaban J connectivity index is 1.87. The van der Waals surface area contributed by atoms with Crippen LogP contribution >= 0.6 is 11.6 Å². The SMILES string of the molecule is CC(Cl)C(=O)N1CCCCC1c1ncc(-c2cccc(F)c2)[nH]1. The van der Waals surface area contributed by atoms with Crippen molar-refractivity contribution in [3.63, 3.8) is 0 Å². The van der Waals surface area contributed by atoms with E-state index in [1.807, 2.05) is 6.07 Å². The summed E-state index contributed by atoms with van der Waals surface area (Å²) in [6.07, 6.45) is 4.56. The number of carbonyl (C=O) groups excluding carboxylic acids is 1. The van der Waals surface area contributed by atoms with Crippen molar-refractivity contribution in [1.29, 1.82) is 0 Å². The number of nitrogens with one attached hydrogen (secondary N) is 1. The first-order valence-corrected chi connectivity index (χ1v) is 8.25. The van der Waals surface area contributed by atoms with Gasteiger partial charge in [-0.2, -0.15) is 0 Å². The number of halogens is 2. The van der Waals surface area contributed by atoms with Crippen LogP contribution in [0.3, 0.4) is 0 Å². The van der Waals surface area contributed by atoms with Crippen LogP contribution in [0.25, 0.3) is 11.3 Å². The van der Waals surface area contributed by atoms with E-state index in [-0.39, 0.29) is 17.8 Å². The fraction of sp³-hybridized carbons (Fsp3) is 0.412. The molecule has 122 valence electrons. The number of hydrogen-bond acceptors (Lipinski definition) is 2. The van der Waals surface area contributed by atoms with Gasteiger partial charge >= 0.3 is 0 Å². The molecule has 1 aliphatic heterocycles. The van der Waals surface area contributed by atoms with Crippen LogP contribution in [0.4, 0.5) is 4.39 Å². The molecule has 1 aromatic carbocycles. The molecule has 2 unspecified atom stereocenters. The first-order chi connectivity index (χ1) is 11.1. The Labute approximate surface area is 139 Å². The van der Waals surface area contributed by atoms with E-state index in [9.17, 15) is 9.18 Å². The molecule has 1 amide bonds. The maximum atomic E-state index is 13.4. The number of piperidine rings is 1. The van der Waals surface area contributed by atoms with Gasteiger partial charge < -0.3 is 9.88 Å². The fourth-order valence-electron chi connectivity index (χ4n) is 3.02. The predicted octanol–water partition coefficient (Wildman–Crippen LogP) is 3.90. The Bertz CT molecular complexity index is 701. The number of amides is 1. The number of aromatic amines is 1. The van der Waals surface area contributed by atoms with Gasteiger partial charge in [0, 0.05) is 12.1 Å². The van der Waals surface area contributed by atoms with Crippen LogP contribution in [0, 0.1) is 5.82 Å². The lowest BCUT2D eigenvalue weighted by molar-refractivity contribution is -0.134. The summed E-state index contributed by atoms with van der Waals surface area (Å²) in [7, 11) is 0. The number of likely N-dealkylation sites (tertiary alicyclic amines) is 1. The van der Waals surface area contributed by atoms with Gasteiger partial charge in [-0.3, -0.25) is 4.79 Å². The highest BCUT2D eigenvalue weighted by atomic mass is 35.5. The molecule has 2 atom stereocenters. The molecule has 1 N–H and O–H groups in total. The van der Waals surface area contributed by atoms with Crippen molar-refractivity contribution < 1.29 is 9.18 Å². The van der Waals surface area contributed by atoms with E-state index in [1.165, 1.54) is 12.1 Å². The smallest absolute Gasteiger partial charge is 0.240 e. The number of nitrogens with zero attached hydrogens (tertiary/aromatic N) is 2. The van der Waals surface area contributed by atoms with Crippen molar-refractivity contribution >= 4 is 17.5 Å². The Kier molecular flexibility index (Phi) is 4.66. The number of imidazole rings is 1. The zero-order chi connectivity index (χ0) is 16.4. The first kappa shape index (κ1) is 16.0. The molecule has 1 fully saturated rings. The maximum absolute atomic E-state index is 13.4. The molecule has 0 spiro atoms. The van der Waals surface area contributed by atoms with Gasteiger partial charge in [-0.25, -0.2) is 9.37 Å². The highest BCUT2D eigenvalue weighted by Crippen LogP contribution is 2.31. The Morgan fingerprint density at radius 2 is 2.30 bits per heavy atom. The second kappa shape index (κ2) is 6.71. The normalized spacial score (nSPS) is 19.6. The van der Waals surface area contributed by atoms with Gasteiger partial charge in [0.25, 0.3) is 0 Å². The second-order valence-electron chi connectivity index (χ2n) is 5.85. The van der Waals surface area contributed by atoms with E-state index in [4.69, 9.17) is 11.6 Å². The third-order valence-electron chi connectivity index (χ3n) is 4.17. The summed E-state index contributed by atoms with van der Waals surface area (Å²) in [5, 5.41) is -0.548. The van der Waals surface area contributed by atoms with Gasteiger partial charge in [-0.05, 0) is 38.3 Å². The fourth-order valence-corrected chi connectivity index (χ4v) is 3.14. The van der Waals surface area contributed by atoms with Crippen molar-refractivity contribution in [2.45, 2.75) is 37.6 Å². The van der Waals surface area contributed by atoms with Crippen molar-refractivity contribution in [1.82, 2.24) is 14.9 Å². The molecule has 2 heterocycles. The molecule has 1 aromatic heterocycles. The summed E-state index contributed by atoms with van der Waals surface area (Å²) in [4.78, 5) is 21.8. The Morgan fingerprint density at radius 1 is 1.48 bits per heavy atom. The summed E-state index contributed by atoms with van der Waals surface area (Å²) in [6.45, 7) is 2.38. The number of alkyl halides is 1. The molecule has 0 aliphatic carbocycles. The molecule has 3 rings (SSSR count). The summed E-state index contributed by atoms with van der Waals surface area (Å²) in [5.74, 6) is 0.374. The quantitative estimate of drug-likeness (QED) is 0.865. The molecule has 6 heteroatoms. The largest absolute Gasteiger partial charge is 0.340 e. The monoisotopic (exact) mass is 335 g/mol. The highest BCUT2D eigenvalue weighted by Gasteiger charge is 2.31. The van der Waals surface area contributed by atoms with Gasteiger partial charge in [0.1, 0.15) is 17.0 Å². The number of hydrogen-bond donors (Lipinski definition) is 1. The first-order valence-electron chi connectivity index (χ1n) is 7.81. The molecule has 4 nitrogen and oxygen atoms in total. The lowest BCUT2D eigenvalue weighted by Gasteiger charge is -2.35. The van der Waals surface area contributed by atoms with Gasteiger partial charge in [-0.15, -0.1) is 11.6 Å². The minimum absolute atomic E-state index is 0.0694. The zero-order valence-electron chi connectivity index (χ0n) is 12.9. The van der Waals surface area contributed by atoms with Crippen LogP contribution < -0.4 is 0 Å². The lowest BCUT2D eigenvalue weighted by Crippen LogP contribution is -2.42. The minimum atomic E-state index is -0.548. The molecule has 0 saturated carbocycles. The minimum Gasteiger partial charge on any atom is -0.340 e. The summed E-state index contributed by atoms with van der Waals surface area (Å²) >= 11 is 5.97. The third-order valence-corrected chi connectivity index (χ3v) is 4.36. The standard InChI is InChI=1S/C17H19ClFN3O/c1-11(18)17(23)22-8-3-2-7-15(22)16-20-10-14(21-16)12-5-4-6-13(19)9-12/h4-6,9-11,15H,2-3,7-8H2,1H3,(H,20,21). The Morgan fingerprint density at radius 3 is 3.04 bits per heavy atom. The topological polar surface area (TPSA) is 49.0 Å². The van der Waals surface area contributed by atoms with Gasteiger partial charge in [0.2, 0.25) is 5.91 Å². The van der Waals surface area contributed by atoms with Crippen LogP contribution in [0.1, 0.15) is 38.1 Å². The number of carbonyl (C=O) groups is 1. The van der Waals surface area contributed by atoms with Crippen molar-refractivity contribution in [3.05, 3.63) is 42.1 Å². The highest BCUT2D eigenvalue weighted by molar-refractivity contribution is 6.30. The molecule has 0 radical (unpaired) electrons. The van der Waals surface area contributed by atoms with E-state index >= 15 is 0 Å². The molecular formula is C17H19ClFN3O. The van der Waals surface area contributed by atoms with Gasteiger partial charge in [-0.1, -0.05) is 12.1 Å². The molecule has 0 bridgehead atoms. The van der Waals surface area contributed by atoms with E-state index < -0.39 is 5.38 Å². The summed E-state index contributed by atoms with van der Waals surface area (Å²) in [6, 6.07) is 6.26. The number of H-pyrrole nitrogens is 1. The van der Waals surface area contributed by atoms with Gasteiger partial charge in [0.15, 0.2) is 0 Å².